The van der Waals surface area contributed by atoms with Gasteiger partial charge in [-0.05, 0) is 40.5 Å². The van der Waals surface area contributed by atoms with E-state index in [1.54, 1.807) is 14.2 Å². The number of aromatic nitrogens is 2. The molecule has 0 spiro atoms. The zero-order chi connectivity index (χ0) is 15.2. The lowest BCUT2D eigenvalue weighted by Gasteiger charge is -2.15. The highest BCUT2D eigenvalue weighted by atomic mass is 79.9. The van der Waals surface area contributed by atoms with Crippen LogP contribution in [-0.2, 0) is 11.3 Å². The maximum atomic E-state index is 5.25. The molecule has 0 aliphatic heterocycles. The lowest BCUT2D eigenvalue weighted by atomic mass is 10.1. The summed E-state index contributed by atoms with van der Waals surface area (Å²) in [6, 6.07) is 6.24. The summed E-state index contributed by atoms with van der Waals surface area (Å²) in [4.78, 5) is 0. The van der Waals surface area contributed by atoms with Crippen LogP contribution in [0.1, 0.15) is 18.5 Å². The summed E-state index contributed by atoms with van der Waals surface area (Å²) < 4.78 is 13.1. The van der Waals surface area contributed by atoms with Crippen LogP contribution in [0.2, 0.25) is 0 Å². The number of anilines is 1. The van der Waals surface area contributed by atoms with Crippen LogP contribution in [0, 0.1) is 0 Å². The van der Waals surface area contributed by atoms with Gasteiger partial charge in [-0.15, -0.1) is 0 Å². The molecule has 114 valence electrons. The summed E-state index contributed by atoms with van der Waals surface area (Å²) in [5.41, 5.74) is 2.16. The molecule has 0 saturated carbocycles. The molecule has 0 fully saturated rings. The Bertz CT molecular complexity index is 586. The van der Waals surface area contributed by atoms with Gasteiger partial charge in [-0.3, -0.25) is 4.68 Å². The molecule has 1 N–H and O–H groups in total. The number of benzene rings is 1. The van der Waals surface area contributed by atoms with Crippen molar-refractivity contribution in [2.75, 3.05) is 26.1 Å². The summed E-state index contributed by atoms with van der Waals surface area (Å²) in [6.45, 7) is 3.52. The molecule has 1 heterocycles. The maximum Gasteiger partial charge on any atom is 0.133 e. The molecule has 1 atom stereocenters. The Labute approximate surface area is 133 Å². The fourth-order valence-electron chi connectivity index (χ4n) is 2.03. The van der Waals surface area contributed by atoms with Gasteiger partial charge in [0.1, 0.15) is 5.75 Å². The van der Waals surface area contributed by atoms with Crippen LogP contribution < -0.4 is 10.1 Å². The van der Waals surface area contributed by atoms with Gasteiger partial charge in [0.2, 0.25) is 0 Å². The van der Waals surface area contributed by atoms with E-state index in [-0.39, 0.29) is 6.04 Å². The highest BCUT2D eigenvalue weighted by molar-refractivity contribution is 9.10. The Kier molecular flexibility index (Phi) is 5.64. The fourth-order valence-corrected chi connectivity index (χ4v) is 2.59. The van der Waals surface area contributed by atoms with Gasteiger partial charge < -0.3 is 14.8 Å². The largest absolute Gasteiger partial charge is 0.496 e. The Morgan fingerprint density at radius 1 is 1.38 bits per heavy atom. The summed E-state index contributed by atoms with van der Waals surface area (Å²) >= 11 is 3.51. The van der Waals surface area contributed by atoms with Crippen molar-refractivity contribution >= 4 is 21.6 Å². The van der Waals surface area contributed by atoms with Gasteiger partial charge in [0.15, 0.2) is 0 Å². The molecule has 6 heteroatoms. The molecular formula is C15H20BrN3O2. The zero-order valence-electron chi connectivity index (χ0n) is 12.5. The predicted molar refractivity (Wildman–Crippen MR) is 86.8 cm³/mol. The van der Waals surface area contributed by atoms with E-state index >= 15 is 0 Å². The van der Waals surface area contributed by atoms with Gasteiger partial charge >= 0.3 is 0 Å². The molecule has 2 aromatic rings. The number of rotatable bonds is 7. The molecule has 1 aromatic carbocycles. The van der Waals surface area contributed by atoms with Crippen LogP contribution in [0.15, 0.2) is 35.1 Å². The van der Waals surface area contributed by atoms with Crippen LogP contribution in [0.4, 0.5) is 5.69 Å². The molecule has 1 aromatic heterocycles. The summed E-state index contributed by atoms with van der Waals surface area (Å²) in [5, 5.41) is 7.72. The molecule has 21 heavy (non-hydrogen) atoms. The number of ether oxygens (including phenoxy) is 2. The Balaban J connectivity index is 2.02. The van der Waals surface area contributed by atoms with Crippen LogP contribution >= 0.6 is 15.9 Å². The van der Waals surface area contributed by atoms with Crippen LogP contribution in [0.3, 0.4) is 0 Å². The van der Waals surface area contributed by atoms with Crippen molar-refractivity contribution in [1.29, 1.82) is 0 Å². The van der Waals surface area contributed by atoms with Gasteiger partial charge in [0, 0.05) is 19.3 Å². The van der Waals surface area contributed by atoms with E-state index in [2.05, 4.69) is 45.4 Å². The number of methoxy groups -OCH3 is 2. The van der Waals surface area contributed by atoms with Crippen LogP contribution in [-0.4, -0.2) is 30.6 Å². The van der Waals surface area contributed by atoms with Crippen molar-refractivity contribution in [3.63, 3.8) is 0 Å². The predicted octanol–water partition coefficient (Wildman–Crippen LogP) is 3.47. The topological polar surface area (TPSA) is 48.3 Å². The first-order valence-corrected chi connectivity index (χ1v) is 7.54. The second kappa shape index (κ2) is 7.47. The molecule has 2 rings (SSSR count). The van der Waals surface area contributed by atoms with E-state index in [1.807, 2.05) is 23.1 Å². The zero-order valence-corrected chi connectivity index (χ0v) is 14.1. The lowest BCUT2D eigenvalue weighted by Crippen LogP contribution is -2.07. The number of nitrogens with zero attached hydrogens (tertiary/aromatic N) is 2. The van der Waals surface area contributed by atoms with Gasteiger partial charge in [-0.1, -0.05) is 6.07 Å². The van der Waals surface area contributed by atoms with E-state index in [0.717, 1.165) is 22.5 Å². The van der Waals surface area contributed by atoms with Crippen molar-refractivity contribution in [3.8, 4) is 5.75 Å². The minimum absolute atomic E-state index is 0.173. The second-order valence-electron chi connectivity index (χ2n) is 4.74. The quantitative estimate of drug-likeness (QED) is 0.827. The van der Waals surface area contributed by atoms with E-state index in [1.165, 1.54) is 5.56 Å². The van der Waals surface area contributed by atoms with Crippen molar-refractivity contribution < 1.29 is 9.47 Å². The Hall–Kier alpha value is -1.53. The summed E-state index contributed by atoms with van der Waals surface area (Å²) in [7, 11) is 3.35. The first-order chi connectivity index (χ1) is 10.1. The third-order valence-corrected chi connectivity index (χ3v) is 3.84. The molecule has 0 aliphatic carbocycles. The molecule has 5 nitrogen and oxygen atoms in total. The lowest BCUT2D eigenvalue weighted by molar-refractivity contribution is 0.183. The number of hydrogen-bond donors (Lipinski definition) is 1. The van der Waals surface area contributed by atoms with Crippen molar-refractivity contribution in [1.82, 2.24) is 9.78 Å². The first-order valence-electron chi connectivity index (χ1n) is 6.75. The highest BCUT2D eigenvalue weighted by Crippen LogP contribution is 2.29. The SMILES string of the molecule is COCCn1cc(NC(C)c2ccc(OC)c(Br)c2)cn1. The van der Waals surface area contributed by atoms with Crippen molar-refractivity contribution in [2.24, 2.45) is 0 Å². The summed E-state index contributed by atoms with van der Waals surface area (Å²) in [5.74, 6) is 0.832. The second-order valence-corrected chi connectivity index (χ2v) is 5.60. The first kappa shape index (κ1) is 15.9. The van der Waals surface area contributed by atoms with Gasteiger partial charge in [0.25, 0.3) is 0 Å². The normalized spacial score (nSPS) is 12.2. The summed E-state index contributed by atoms with van der Waals surface area (Å²) in [6.07, 6.45) is 3.80. The van der Waals surface area contributed by atoms with Crippen molar-refractivity contribution in [3.05, 3.63) is 40.6 Å². The van der Waals surface area contributed by atoms with Gasteiger partial charge in [-0.25, -0.2) is 0 Å². The van der Waals surface area contributed by atoms with E-state index in [9.17, 15) is 0 Å². The molecular weight excluding hydrogens is 334 g/mol. The van der Waals surface area contributed by atoms with E-state index in [4.69, 9.17) is 9.47 Å². The fraction of sp³-hybridized carbons (Fsp3) is 0.400. The average molecular weight is 354 g/mol. The van der Waals surface area contributed by atoms with Gasteiger partial charge in [-0.2, -0.15) is 5.10 Å². The smallest absolute Gasteiger partial charge is 0.133 e. The highest BCUT2D eigenvalue weighted by Gasteiger charge is 2.09. The monoisotopic (exact) mass is 353 g/mol. The Morgan fingerprint density at radius 2 is 2.19 bits per heavy atom. The minimum Gasteiger partial charge on any atom is -0.496 e. The minimum atomic E-state index is 0.173. The van der Waals surface area contributed by atoms with Crippen LogP contribution in [0.5, 0.6) is 5.75 Å². The average Bonchev–Trinajstić information content (AvgIpc) is 2.92. The third-order valence-electron chi connectivity index (χ3n) is 3.22. The standard InChI is InChI=1S/C15H20BrN3O2/c1-11(12-4-5-15(21-3)14(16)8-12)18-13-9-17-19(10-13)6-7-20-2/h4-5,8-11,18H,6-7H2,1-3H3. The number of hydrogen-bond acceptors (Lipinski definition) is 4. The van der Waals surface area contributed by atoms with Crippen molar-refractivity contribution in [2.45, 2.75) is 19.5 Å². The van der Waals surface area contributed by atoms with E-state index in [0.29, 0.717) is 6.61 Å². The molecule has 0 saturated heterocycles. The number of halogens is 1. The number of nitrogens with one attached hydrogen (secondary N) is 1. The third kappa shape index (κ3) is 4.22. The molecule has 0 radical (unpaired) electrons. The van der Waals surface area contributed by atoms with E-state index < -0.39 is 0 Å². The van der Waals surface area contributed by atoms with Crippen LogP contribution in [0.25, 0.3) is 0 Å². The molecule has 0 aliphatic rings. The molecule has 0 amide bonds. The van der Waals surface area contributed by atoms with Gasteiger partial charge in [0.05, 0.1) is 36.6 Å². The molecule has 1 unspecified atom stereocenters. The Morgan fingerprint density at radius 3 is 2.86 bits per heavy atom. The molecule has 0 bridgehead atoms. The maximum absolute atomic E-state index is 5.25.